The standard InChI is InChI=1S/C7H2Cl3F2NO/c8-2-1-13-5(7(11)12)3(4(2)9)6(10)14/h1,7H. The molecule has 0 saturated carbocycles. The van der Waals surface area contributed by atoms with Gasteiger partial charge in [0.25, 0.3) is 11.7 Å². The number of alkyl halides is 2. The smallest absolute Gasteiger partial charge is 0.275 e. The molecule has 0 bridgehead atoms. The van der Waals surface area contributed by atoms with Gasteiger partial charge in [0.15, 0.2) is 0 Å². The van der Waals surface area contributed by atoms with Crippen molar-refractivity contribution in [3.8, 4) is 0 Å². The van der Waals surface area contributed by atoms with Crippen LogP contribution in [0.15, 0.2) is 6.20 Å². The first-order chi connectivity index (χ1) is 6.45. The Bertz CT molecular complexity index is 383. The lowest BCUT2D eigenvalue weighted by molar-refractivity contribution is 0.106. The highest BCUT2D eigenvalue weighted by atomic mass is 35.5. The Morgan fingerprint density at radius 1 is 1.43 bits per heavy atom. The number of hydrogen-bond acceptors (Lipinski definition) is 2. The number of hydrogen-bond donors (Lipinski definition) is 0. The van der Waals surface area contributed by atoms with E-state index in [1.54, 1.807) is 0 Å². The zero-order valence-electron chi connectivity index (χ0n) is 6.40. The molecule has 0 radical (unpaired) electrons. The van der Waals surface area contributed by atoms with Gasteiger partial charge in [0.05, 0.1) is 15.6 Å². The summed E-state index contributed by atoms with van der Waals surface area (Å²) < 4.78 is 24.6. The Kier molecular flexibility index (Phi) is 3.64. The van der Waals surface area contributed by atoms with Crippen molar-refractivity contribution in [3.05, 3.63) is 27.5 Å². The molecule has 0 atom stereocenters. The molecule has 0 aromatic carbocycles. The molecule has 0 N–H and O–H groups in total. The quantitative estimate of drug-likeness (QED) is 0.759. The first-order valence-electron chi connectivity index (χ1n) is 3.27. The van der Waals surface area contributed by atoms with Crippen molar-refractivity contribution in [2.75, 3.05) is 0 Å². The third-order valence-electron chi connectivity index (χ3n) is 1.41. The largest absolute Gasteiger partial charge is 0.281 e. The number of aromatic nitrogens is 1. The zero-order chi connectivity index (χ0) is 10.9. The second kappa shape index (κ2) is 4.38. The van der Waals surface area contributed by atoms with Crippen molar-refractivity contribution >= 4 is 40.0 Å². The molecule has 2 nitrogen and oxygen atoms in total. The summed E-state index contributed by atoms with van der Waals surface area (Å²) in [5.41, 5.74) is -1.31. The molecule has 1 aromatic heterocycles. The third kappa shape index (κ3) is 2.13. The summed E-state index contributed by atoms with van der Waals surface area (Å²) in [6.07, 6.45) is -1.99. The highest BCUT2D eigenvalue weighted by Gasteiger charge is 2.23. The molecule has 0 aliphatic heterocycles. The van der Waals surface area contributed by atoms with Crippen LogP contribution in [0.2, 0.25) is 10.0 Å². The first kappa shape index (κ1) is 11.6. The van der Waals surface area contributed by atoms with Gasteiger partial charge in [-0.3, -0.25) is 9.78 Å². The molecule has 0 saturated heterocycles. The fourth-order valence-electron chi connectivity index (χ4n) is 0.832. The van der Waals surface area contributed by atoms with Crippen molar-refractivity contribution < 1.29 is 13.6 Å². The maximum Gasteiger partial charge on any atom is 0.281 e. The number of rotatable bonds is 2. The van der Waals surface area contributed by atoms with E-state index in [2.05, 4.69) is 4.98 Å². The minimum absolute atomic E-state index is 0.0972. The molecule has 1 aromatic rings. The van der Waals surface area contributed by atoms with E-state index >= 15 is 0 Å². The number of pyridine rings is 1. The SMILES string of the molecule is O=C(Cl)c1c(C(F)F)ncc(Cl)c1Cl. The van der Waals surface area contributed by atoms with Gasteiger partial charge in [0.2, 0.25) is 0 Å². The van der Waals surface area contributed by atoms with E-state index in [1.807, 2.05) is 0 Å². The van der Waals surface area contributed by atoms with Crippen LogP contribution in [0.3, 0.4) is 0 Å². The monoisotopic (exact) mass is 259 g/mol. The first-order valence-corrected chi connectivity index (χ1v) is 4.40. The fourth-order valence-corrected chi connectivity index (χ4v) is 1.45. The van der Waals surface area contributed by atoms with Crippen molar-refractivity contribution in [1.82, 2.24) is 4.98 Å². The van der Waals surface area contributed by atoms with Gasteiger partial charge in [0.1, 0.15) is 5.69 Å². The van der Waals surface area contributed by atoms with Crippen molar-refractivity contribution in [2.45, 2.75) is 6.43 Å². The molecular weight excluding hydrogens is 258 g/mol. The molecule has 1 rings (SSSR count). The van der Waals surface area contributed by atoms with Crippen molar-refractivity contribution in [2.24, 2.45) is 0 Å². The lowest BCUT2D eigenvalue weighted by atomic mass is 10.2. The molecule has 0 amide bonds. The van der Waals surface area contributed by atoms with Crippen LogP contribution in [0, 0.1) is 0 Å². The van der Waals surface area contributed by atoms with E-state index in [-0.39, 0.29) is 10.0 Å². The summed E-state index contributed by atoms with van der Waals surface area (Å²) in [5.74, 6) is 0. The Labute approximate surface area is 92.8 Å². The lowest BCUT2D eigenvalue weighted by Crippen LogP contribution is -2.02. The molecule has 0 aliphatic carbocycles. The third-order valence-corrected chi connectivity index (χ3v) is 2.37. The Balaban J connectivity index is 3.45. The Morgan fingerprint density at radius 2 is 2.00 bits per heavy atom. The topological polar surface area (TPSA) is 30.0 Å². The van der Waals surface area contributed by atoms with Crippen molar-refractivity contribution in [1.29, 1.82) is 0 Å². The van der Waals surface area contributed by atoms with E-state index < -0.39 is 22.9 Å². The summed E-state index contributed by atoms with van der Waals surface area (Å²) in [6, 6.07) is 0. The van der Waals surface area contributed by atoms with E-state index in [0.29, 0.717) is 0 Å². The van der Waals surface area contributed by atoms with Gasteiger partial charge in [-0.25, -0.2) is 8.78 Å². The molecule has 0 aliphatic rings. The number of carbonyl (C=O) groups is 1. The maximum absolute atomic E-state index is 12.3. The molecule has 0 fully saturated rings. The number of nitrogens with zero attached hydrogens (tertiary/aromatic N) is 1. The molecule has 0 unspecified atom stereocenters. The average molecular weight is 260 g/mol. The van der Waals surface area contributed by atoms with Gasteiger partial charge in [-0.05, 0) is 11.6 Å². The van der Waals surface area contributed by atoms with Gasteiger partial charge >= 0.3 is 0 Å². The molecule has 76 valence electrons. The van der Waals surface area contributed by atoms with Crippen LogP contribution in [-0.2, 0) is 0 Å². The van der Waals surface area contributed by atoms with Crippen LogP contribution in [0.5, 0.6) is 0 Å². The second-order valence-corrected chi connectivity index (χ2v) is 3.38. The molecule has 14 heavy (non-hydrogen) atoms. The van der Waals surface area contributed by atoms with E-state index in [1.165, 1.54) is 0 Å². The predicted molar refractivity (Wildman–Crippen MR) is 49.4 cm³/mol. The summed E-state index contributed by atoms with van der Waals surface area (Å²) in [7, 11) is 0. The van der Waals surface area contributed by atoms with Crippen LogP contribution in [0.25, 0.3) is 0 Å². The fraction of sp³-hybridized carbons (Fsp3) is 0.143. The van der Waals surface area contributed by atoms with E-state index in [4.69, 9.17) is 34.8 Å². The van der Waals surface area contributed by atoms with Gasteiger partial charge in [-0.1, -0.05) is 23.2 Å². The van der Waals surface area contributed by atoms with Crippen LogP contribution in [0.1, 0.15) is 22.5 Å². The minimum Gasteiger partial charge on any atom is -0.275 e. The number of carbonyl (C=O) groups excluding carboxylic acids is 1. The predicted octanol–water partition coefficient (Wildman–Crippen LogP) is 3.71. The summed E-state index contributed by atoms with van der Waals surface area (Å²) >= 11 is 16.1. The normalized spacial score (nSPS) is 10.7. The minimum atomic E-state index is -2.93. The number of halogens is 5. The Hall–Kier alpha value is -0.450. The highest BCUT2D eigenvalue weighted by molar-refractivity contribution is 6.69. The lowest BCUT2D eigenvalue weighted by Gasteiger charge is -2.06. The summed E-state index contributed by atoms with van der Waals surface area (Å²) in [4.78, 5) is 14.1. The molecule has 0 spiro atoms. The summed E-state index contributed by atoms with van der Waals surface area (Å²) in [6.45, 7) is 0. The second-order valence-electron chi connectivity index (χ2n) is 2.25. The average Bonchev–Trinajstić information content (AvgIpc) is 2.08. The molecule has 7 heteroatoms. The Morgan fingerprint density at radius 3 is 2.43 bits per heavy atom. The summed E-state index contributed by atoms with van der Waals surface area (Å²) in [5, 5.41) is -1.52. The van der Waals surface area contributed by atoms with Crippen LogP contribution >= 0.6 is 34.8 Å². The zero-order valence-corrected chi connectivity index (χ0v) is 8.67. The van der Waals surface area contributed by atoms with Gasteiger partial charge in [-0.2, -0.15) is 0 Å². The van der Waals surface area contributed by atoms with Gasteiger partial charge in [-0.15, -0.1) is 0 Å². The van der Waals surface area contributed by atoms with E-state index in [9.17, 15) is 13.6 Å². The van der Waals surface area contributed by atoms with Crippen LogP contribution < -0.4 is 0 Å². The van der Waals surface area contributed by atoms with E-state index in [0.717, 1.165) is 6.20 Å². The highest BCUT2D eigenvalue weighted by Crippen LogP contribution is 2.32. The molecular formula is C7H2Cl3F2NO. The van der Waals surface area contributed by atoms with Gasteiger partial charge in [0, 0.05) is 6.20 Å². The van der Waals surface area contributed by atoms with Crippen LogP contribution in [-0.4, -0.2) is 10.2 Å². The van der Waals surface area contributed by atoms with Crippen molar-refractivity contribution in [3.63, 3.8) is 0 Å². The molecule has 1 heterocycles. The maximum atomic E-state index is 12.3. The van der Waals surface area contributed by atoms with Gasteiger partial charge < -0.3 is 0 Å². The van der Waals surface area contributed by atoms with Crippen LogP contribution in [0.4, 0.5) is 8.78 Å².